The molecule has 0 spiro atoms. The Balaban J connectivity index is 1.61. The fraction of sp³-hybridized carbons (Fsp3) is 0.286. The topological polar surface area (TPSA) is 94.5 Å². The van der Waals surface area contributed by atoms with Crippen LogP contribution in [0.1, 0.15) is 39.2 Å². The second kappa shape index (κ2) is 8.50. The first kappa shape index (κ1) is 19.2. The quantitative estimate of drug-likeness (QED) is 0.687. The molecular weight excluding hydrogens is 375 g/mol. The van der Waals surface area contributed by atoms with Crippen molar-refractivity contribution in [2.75, 3.05) is 26.3 Å². The first-order chi connectivity index (χ1) is 14.1. The third-order valence-electron chi connectivity index (χ3n) is 4.87. The Morgan fingerprint density at radius 3 is 2.72 bits per heavy atom. The summed E-state index contributed by atoms with van der Waals surface area (Å²) in [4.78, 5) is 18.1. The maximum Gasteiger partial charge on any atom is 0.248 e. The minimum absolute atomic E-state index is 0.316. The molecular formula is C21H21FN4O3. The number of carbonyl (C=O) groups excluding carboxylic acids is 1. The molecule has 0 aliphatic carbocycles. The molecule has 0 saturated carbocycles. The fourth-order valence-electron chi connectivity index (χ4n) is 3.49. The fourth-order valence-corrected chi connectivity index (χ4v) is 3.49. The summed E-state index contributed by atoms with van der Waals surface area (Å²) < 4.78 is 24.9. The van der Waals surface area contributed by atoms with Gasteiger partial charge in [0, 0.05) is 25.1 Å². The van der Waals surface area contributed by atoms with Gasteiger partial charge in [-0.25, -0.2) is 4.39 Å². The van der Waals surface area contributed by atoms with Crippen molar-refractivity contribution in [3.05, 3.63) is 82.8 Å². The number of carbonyl (C=O) groups is 1. The lowest BCUT2D eigenvalue weighted by Crippen LogP contribution is -2.39. The van der Waals surface area contributed by atoms with Crippen LogP contribution in [0.15, 0.2) is 53.1 Å². The molecule has 3 aromatic rings. The highest BCUT2D eigenvalue weighted by molar-refractivity contribution is 5.92. The highest BCUT2D eigenvalue weighted by Gasteiger charge is 2.29. The Morgan fingerprint density at radius 2 is 1.97 bits per heavy atom. The van der Waals surface area contributed by atoms with Gasteiger partial charge in [-0.2, -0.15) is 4.98 Å². The summed E-state index contributed by atoms with van der Waals surface area (Å²) in [7, 11) is 0. The van der Waals surface area contributed by atoms with Crippen LogP contribution in [0.25, 0.3) is 0 Å². The summed E-state index contributed by atoms with van der Waals surface area (Å²) in [6, 6.07) is 13.1. The van der Waals surface area contributed by atoms with Crippen molar-refractivity contribution >= 4 is 5.91 Å². The van der Waals surface area contributed by atoms with Crippen LogP contribution < -0.4 is 5.73 Å². The van der Waals surface area contributed by atoms with E-state index in [2.05, 4.69) is 15.0 Å². The molecule has 1 aliphatic rings. The molecule has 1 saturated heterocycles. The lowest BCUT2D eigenvalue weighted by atomic mass is 10.0. The molecule has 1 amide bonds. The highest BCUT2D eigenvalue weighted by Crippen LogP contribution is 2.29. The minimum Gasteiger partial charge on any atom is -0.379 e. The average molecular weight is 396 g/mol. The van der Waals surface area contributed by atoms with Gasteiger partial charge in [0.2, 0.25) is 11.8 Å². The van der Waals surface area contributed by atoms with Crippen LogP contribution in [-0.2, 0) is 11.2 Å². The number of hydrogen-bond acceptors (Lipinski definition) is 6. The maximum atomic E-state index is 13.9. The molecule has 2 aromatic carbocycles. The number of primary amides is 1. The Labute approximate surface area is 167 Å². The van der Waals surface area contributed by atoms with Crippen molar-refractivity contribution in [3.63, 3.8) is 0 Å². The van der Waals surface area contributed by atoms with E-state index < -0.39 is 5.91 Å². The first-order valence-corrected chi connectivity index (χ1v) is 9.38. The summed E-state index contributed by atoms with van der Waals surface area (Å²) in [5.41, 5.74) is 7.37. The van der Waals surface area contributed by atoms with Crippen LogP contribution in [0.2, 0.25) is 0 Å². The number of ether oxygens (including phenoxy) is 1. The van der Waals surface area contributed by atoms with E-state index in [1.807, 2.05) is 12.1 Å². The maximum absolute atomic E-state index is 13.9. The molecule has 2 heterocycles. The van der Waals surface area contributed by atoms with Crippen molar-refractivity contribution in [1.82, 2.24) is 15.0 Å². The number of rotatable bonds is 6. The summed E-state index contributed by atoms with van der Waals surface area (Å²) in [6.45, 7) is 2.54. The number of nitrogens with two attached hydrogens (primary N) is 1. The van der Waals surface area contributed by atoms with Crippen molar-refractivity contribution in [2.24, 2.45) is 5.73 Å². The van der Waals surface area contributed by atoms with Crippen LogP contribution in [0, 0.1) is 5.82 Å². The Kier molecular flexibility index (Phi) is 5.64. The molecule has 7 nitrogen and oxygen atoms in total. The first-order valence-electron chi connectivity index (χ1n) is 9.38. The molecule has 1 unspecified atom stereocenters. The predicted octanol–water partition coefficient (Wildman–Crippen LogP) is 2.32. The monoisotopic (exact) mass is 396 g/mol. The zero-order valence-electron chi connectivity index (χ0n) is 15.8. The Morgan fingerprint density at radius 1 is 1.17 bits per heavy atom. The summed E-state index contributed by atoms with van der Waals surface area (Å²) >= 11 is 0. The number of halogens is 1. The van der Waals surface area contributed by atoms with E-state index in [1.54, 1.807) is 24.3 Å². The second-order valence-corrected chi connectivity index (χ2v) is 6.90. The van der Waals surface area contributed by atoms with Crippen molar-refractivity contribution in [1.29, 1.82) is 0 Å². The number of aromatic nitrogens is 2. The lowest BCUT2D eigenvalue weighted by Gasteiger charge is -2.32. The van der Waals surface area contributed by atoms with E-state index in [-0.39, 0.29) is 11.9 Å². The lowest BCUT2D eigenvalue weighted by molar-refractivity contribution is 0.0180. The van der Waals surface area contributed by atoms with Gasteiger partial charge in [0.1, 0.15) is 11.9 Å². The van der Waals surface area contributed by atoms with Gasteiger partial charge in [0.05, 0.1) is 13.2 Å². The van der Waals surface area contributed by atoms with Gasteiger partial charge in [0.15, 0.2) is 5.82 Å². The average Bonchev–Trinajstić information content (AvgIpc) is 3.17. The van der Waals surface area contributed by atoms with Gasteiger partial charge >= 0.3 is 0 Å². The van der Waals surface area contributed by atoms with Crippen LogP contribution in [0.3, 0.4) is 0 Å². The number of benzene rings is 2. The van der Waals surface area contributed by atoms with Gasteiger partial charge in [0.25, 0.3) is 0 Å². The molecule has 4 rings (SSSR count). The van der Waals surface area contributed by atoms with Crippen LogP contribution in [0.5, 0.6) is 0 Å². The Bertz CT molecular complexity index is 1000. The molecule has 1 atom stereocenters. The number of morpholine rings is 1. The van der Waals surface area contributed by atoms with Gasteiger partial charge in [-0.3, -0.25) is 9.69 Å². The molecule has 1 aliphatic heterocycles. The predicted molar refractivity (Wildman–Crippen MR) is 103 cm³/mol. The van der Waals surface area contributed by atoms with E-state index in [0.717, 1.165) is 11.1 Å². The van der Waals surface area contributed by atoms with Gasteiger partial charge < -0.3 is 15.0 Å². The summed E-state index contributed by atoms with van der Waals surface area (Å²) in [5, 5.41) is 4.10. The second-order valence-electron chi connectivity index (χ2n) is 6.90. The zero-order chi connectivity index (χ0) is 20.2. The molecule has 1 fully saturated rings. The van der Waals surface area contributed by atoms with Gasteiger partial charge in [-0.05, 0) is 35.4 Å². The molecule has 29 heavy (non-hydrogen) atoms. The summed E-state index contributed by atoms with van der Waals surface area (Å²) in [6.07, 6.45) is 0.392. The molecule has 8 heteroatoms. The van der Waals surface area contributed by atoms with Crippen molar-refractivity contribution < 1.29 is 18.4 Å². The van der Waals surface area contributed by atoms with E-state index in [1.165, 1.54) is 12.1 Å². The van der Waals surface area contributed by atoms with E-state index in [9.17, 15) is 9.18 Å². The van der Waals surface area contributed by atoms with Crippen molar-refractivity contribution in [3.8, 4) is 0 Å². The normalized spacial score (nSPS) is 15.9. The minimum atomic E-state index is -0.487. The van der Waals surface area contributed by atoms with E-state index in [0.29, 0.717) is 50.0 Å². The molecule has 0 radical (unpaired) electrons. The third kappa shape index (κ3) is 4.49. The van der Waals surface area contributed by atoms with Gasteiger partial charge in [-0.1, -0.05) is 29.4 Å². The van der Waals surface area contributed by atoms with E-state index >= 15 is 0 Å². The number of hydrogen-bond donors (Lipinski definition) is 1. The largest absolute Gasteiger partial charge is 0.379 e. The third-order valence-corrected chi connectivity index (χ3v) is 4.87. The highest BCUT2D eigenvalue weighted by atomic mass is 19.1. The smallest absolute Gasteiger partial charge is 0.248 e. The SMILES string of the molecule is NC(=O)c1cccc(Cc2noc(C(c3cccc(F)c3)N3CCOCC3)n2)c1. The molecule has 0 bridgehead atoms. The van der Waals surface area contributed by atoms with Crippen LogP contribution in [-0.4, -0.2) is 47.3 Å². The number of amides is 1. The Hall–Kier alpha value is -3.10. The summed E-state index contributed by atoms with van der Waals surface area (Å²) in [5.74, 6) is 0.0812. The van der Waals surface area contributed by atoms with Crippen LogP contribution >= 0.6 is 0 Å². The number of nitrogens with zero attached hydrogens (tertiary/aromatic N) is 3. The molecule has 150 valence electrons. The molecule has 2 N–H and O–H groups in total. The van der Waals surface area contributed by atoms with Gasteiger partial charge in [-0.15, -0.1) is 0 Å². The standard InChI is InChI=1S/C21H21FN4O3/c22-17-6-2-4-15(13-17)19(26-7-9-28-10-8-26)21-24-18(25-29-21)12-14-3-1-5-16(11-14)20(23)27/h1-6,11,13,19H,7-10,12H2,(H2,23,27). The molecule has 1 aromatic heterocycles. The zero-order valence-corrected chi connectivity index (χ0v) is 15.8. The van der Waals surface area contributed by atoms with Crippen molar-refractivity contribution in [2.45, 2.75) is 12.5 Å². The van der Waals surface area contributed by atoms with Crippen LogP contribution in [0.4, 0.5) is 4.39 Å². The van der Waals surface area contributed by atoms with E-state index in [4.69, 9.17) is 15.0 Å².